The molecule has 114 valence electrons. The molecule has 0 aromatic heterocycles. The second-order valence-corrected chi connectivity index (χ2v) is 5.57. The summed E-state index contributed by atoms with van der Waals surface area (Å²) in [6.45, 7) is 1.61. The fourth-order valence-corrected chi connectivity index (χ4v) is 2.03. The van der Waals surface area contributed by atoms with Gasteiger partial charge in [0.15, 0.2) is 0 Å². The van der Waals surface area contributed by atoms with Crippen molar-refractivity contribution in [1.29, 1.82) is 0 Å². The Bertz CT molecular complexity index is 546. The highest BCUT2D eigenvalue weighted by molar-refractivity contribution is 6.33. The lowest BCUT2D eigenvalue weighted by Gasteiger charge is -2.17. The number of halogens is 1. The van der Waals surface area contributed by atoms with E-state index < -0.39 is 4.92 Å². The minimum atomic E-state index is -0.550. The molecule has 0 heterocycles. The molecule has 1 aliphatic rings. The third-order valence-corrected chi connectivity index (χ3v) is 3.69. The van der Waals surface area contributed by atoms with Crippen molar-refractivity contribution in [2.24, 2.45) is 5.92 Å². The van der Waals surface area contributed by atoms with Crippen LogP contribution in [0.1, 0.15) is 23.2 Å². The van der Waals surface area contributed by atoms with Crippen molar-refractivity contribution in [2.75, 3.05) is 26.8 Å². The monoisotopic (exact) mass is 312 g/mol. The molecule has 0 aliphatic heterocycles. The molecule has 1 saturated carbocycles. The van der Waals surface area contributed by atoms with Crippen LogP contribution in [0.2, 0.25) is 5.02 Å². The lowest BCUT2D eigenvalue weighted by molar-refractivity contribution is -0.384. The summed E-state index contributed by atoms with van der Waals surface area (Å²) in [7, 11) is 1.62. The number of nitrogens with zero attached hydrogens (tertiary/aromatic N) is 2. The number of likely N-dealkylation sites (N-methyl/N-ethyl adjacent to an activating group) is 1. The van der Waals surface area contributed by atoms with E-state index in [1.54, 1.807) is 7.05 Å². The quantitative estimate of drug-likeness (QED) is 0.441. The first-order chi connectivity index (χ1) is 9.99. The number of non-ortho nitro benzene ring substituents is 1. The summed E-state index contributed by atoms with van der Waals surface area (Å²) in [5, 5.41) is 11.0. The average Bonchev–Trinajstić information content (AvgIpc) is 3.27. The molecule has 7 heteroatoms. The molecule has 21 heavy (non-hydrogen) atoms. The molecule has 1 aromatic carbocycles. The standard InChI is InChI=1S/C14H17ClN2O4/c1-16(6-7-21-9-10-2-3-10)14(18)12-8-11(17(19)20)4-5-13(12)15/h4-5,8,10H,2-3,6-7,9H2,1H3. The van der Waals surface area contributed by atoms with Crippen LogP contribution < -0.4 is 0 Å². The van der Waals surface area contributed by atoms with E-state index in [4.69, 9.17) is 16.3 Å². The summed E-state index contributed by atoms with van der Waals surface area (Å²) in [5.74, 6) is 0.330. The molecule has 1 aromatic rings. The van der Waals surface area contributed by atoms with E-state index in [1.807, 2.05) is 0 Å². The highest BCUT2D eigenvalue weighted by Gasteiger charge is 2.22. The Morgan fingerprint density at radius 3 is 2.86 bits per heavy atom. The normalized spacial score (nSPS) is 14.0. The van der Waals surface area contributed by atoms with E-state index in [0.29, 0.717) is 19.1 Å². The van der Waals surface area contributed by atoms with Gasteiger partial charge in [0.25, 0.3) is 11.6 Å². The first kappa shape index (κ1) is 15.7. The summed E-state index contributed by atoms with van der Waals surface area (Å²) in [5.41, 5.74) is -0.0170. The van der Waals surface area contributed by atoms with Crippen molar-refractivity contribution >= 4 is 23.2 Å². The van der Waals surface area contributed by atoms with Crippen LogP contribution in [-0.4, -0.2) is 42.5 Å². The van der Waals surface area contributed by atoms with Gasteiger partial charge in [0.2, 0.25) is 0 Å². The summed E-state index contributed by atoms with van der Waals surface area (Å²) >= 11 is 5.95. The molecule has 2 rings (SSSR count). The van der Waals surface area contributed by atoms with Crippen molar-refractivity contribution in [2.45, 2.75) is 12.8 Å². The predicted octanol–water partition coefficient (Wildman–Crippen LogP) is 2.75. The molecular formula is C14H17ClN2O4. The Kier molecular flexibility index (Phi) is 5.14. The third-order valence-electron chi connectivity index (χ3n) is 3.36. The van der Waals surface area contributed by atoms with Gasteiger partial charge in [0, 0.05) is 32.3 Å². The van der Waals surface area contributed by atoms with Crippen molar-refractivity contribution < 1.29 is 14.5 Å². The Hall–Kier alpha value is -1.66. The van der Waals surface area contributed by atoms with Gasteiger partial charge in [0.1, 0.15) is 0 Å². The van der Waals surface area contributed by atoms with Crippen LogP contribution in [0.3, 0.4) is 0 Å². The number of carbonyl (C=O) groups is 1. The third kappa shape index (κ3) is 4.41. The second kappa shape index (κ2) is 6.87. The maximum absolute atomic E-state index is 12.2. The number of nitro benzene ring substituents is 1. The molecule has 1 aliphatic carbocycles. The van der Waals surface area contributed by atoms with E-state index >= 15 is 0 Å². The Morgan fingerprint density at radius 2 is 2.24 bits per heavy atom. The number of carbonyl (C=O) groups excluding carboxylic acids is 1. The number of hydrogen-bond acceptors (Lipinski definition) is 4. The van der Waals surface area contributed by atoms with Crippen molar-refractivity contribution in [3.05, 3.63) is 38.9 Å². The minimum absolute atomic E-state index is 0.135. The SMILES string of the molecule is CN(CCOCC1CC1)C(=O)c1cc([N+](=O)[O-])ccc1Cl. The maximum Gasteiger partial charge on any atom is 0.270 e. The number of nitro groups is 1. The van der Waals surface area contributed by atoms with Crippen molar-refractivity contribution in [3.63, 3.8) is 0 Å². The van der Waals surface area contributed by atoms with Gasteiger partial charge in [-0.25, -0.2) is 0 Å². The topological polar surface area (TPSA) is 72.7 Å². The van der Waals surface area contributed by atoms with Gasteiger partial charge in [-0.05, 0) is 24.8 Å². The Balaban J connectivity index is 1.93. The van der Waals surface area contributed by atoms with Gasteiger partial charge in [0.05, 0.1) is 22.1 Å². The number of hydrogen-bond donors (Lipinski definition) is 0. The molecule has 0 radical (unpaired) electrons. The molecule has 0 N–H and O–H groups in total. The molecular weight excluding hydrogens is 296 g/mol. The van der Waals surface area contributed by atoms with Gasteiger partial charge in [-0.15, -0.1) is 0 Å². The summed E-state index contributed by atoms with van der Waals surface area (Å²) < 4.78 is 5.47. The van der Waals surface area contributed by atoms with Crippen molar-refractivity contribution in [3.8, 4) is 0 Å². The van der Waals surface area contributed by atoms with Gasteiger partial charge < -0.3 is 9.64 Å². The number of rotatable bonds is 7. The summed E-state index contributed by atoms with van der Waals surface area (Å²) in [6, 6.07) is 3.84. The molecule has 0 unspecified atom stereocenters. The highest BCUT2D eigenvalue weighted by atomic mass is 35.5. The van der Waals surface area contributed by atoms with E-state index in [2.05, 4.69) is 0 Å². The van der Waals surface area contributed by atoms with Crippen LogP contribution in [-0.2, 0) is 4.74 Å². The fraction of sp³-hybridized carbons (Fsp3) is 0.500. The maximum atomic E-state index is 12.2. The van der Waals surface area contributed by atoms with Crippen LogP contribution in [0.15, 0.2) is 18.2 Å². The summed E-state index contributed by atoms with van der Waals surface area (Å²) in [6.07, 6.45) is 2.44. The number of amides is 1. The fourth-order valence-electron chi connectivity index (χ4n) is 1.83. The number of ether oxygens (including phenoxy) is 1. The average molecular weight is 313 g/mol. The zero-order valence-corrected chi connectivity index (χ0v) is 12.5. The van der Waals surface area contributed by atoms with Crippen LogP contribution in [0.25, 0.3) is 0 Å². The van der Waals surface area contributed by atoms with Crippen LogP contribution in [0.4, 0.5) is 5.69 Å². The smallest absolute Gasteiger partial charge is 0.270 e. The van der Waals surface area contributed by atoms with E-state index in [-0.39, 0.29) is 22.2 Å². The van der Waals surface area contributed by atoms with Crippen LogP contribution in [0, 0.1) is 16.0 Å². The molecule has 0 bridgehead atoms. The Labute approximate surface area is 127 Å². The van der Waals surface area contributed by atoms with Crippen molar-refractivity contribution in [1.82, 2.24) is 4.90 Å². The van der Waals surface area contributed by atoms with E-state index in [1.165, 1.54) is 35.9 Å². The van der Waals surface area contributed by atoms with Gasteiger partial charge in [-0.1, -0.05) is 11.6 Å². The molecule has 1 fully saturated rings. The predicted molar refractivity (Wildman–Crippen MR) is 78.6 cm³/mol. The van der Waals surface area contributed by atoms with Gasteiger partial charge in [-0.2, -0.15) is 0 Å². The Morgan fingerprint density at radius 1 is 1.52 bits per heavy atom. The summed E-state index contributed by atoms with van der Waals surface area (Å²) in [4.78, 5) is 23.9. The second-order valence-electron chi connectivity index (χ2n) is 5.17. The van der Waals surface area contributed by atoms with Gasteiger partial charge >= 0.3 is 0 Å². The molecule has 6 nitrogen and oxygen atoms in total. The van der Waals surface area contributed by atoms with Gasteiger partial charge in [-0.3, -0.25) is 14.9 Å². The first-order valence-electron chi connectivity index (χ1n) is 6.76. The van der Waals surface area contributed by atoms with E-state index in [9.17, 15) is 14.9 Å². The largest absolute Gasteiger partial charge is 0.379 e. The van der Waals surface area contributed by atoms with Crippen LogP contribution in [0.5, 0.6) is 0 Å². The highest BCUT2D eigenvalue weighted by Crippen LogP contribution is 2.28. The van der Waals surface area contributed by atoms with Crippen LogP contribution >= 0.6 is 11.6 Å². The molecule has 1 amide bonds. The number of benzene rings is 1. The molecule has 0 spiro atoms. The minimum Gasteiger partial charge on any atom is -0.379 e. The molecule has 0 saturated heterocycles. The first-order valence-corrected chi connectivity index (χ1v) is 7.14. The zero-order valence-electron chi connectivity index (χ0n) is 11.8. The lowest BCUT2D eigenvalue weighted by Crippen LogP contribution is -2.30. The lowest BCUT2D eigenvalue weighted by atomic mass is 10.2. The zero-order chi connectivity index (χ0) is 15.4. The van der Waals surface area contributed by atoms with E-state index in [0.717, 1.165) is 6.61 Å². The molecule has 0 atom stereocenters.